The first-order chi connectivity index (χ1) is 11.3. The fourth-order valence-corrected chi connectivity index (χ4v) is 4.04. The number of nitrogens with zero attached hydrogens (tertiary/aromatic N) is 2. The van der Waals surface area contributed by atoms with E-state index in [4.69, 9.17) is 0 Å². The van der Waals surface area contributed by atoms with Gasteiger partial charge in [-0.2, -0.15) is 0 Å². The zero-order chi connectivity index (χ0) is 15.6. The highest BCUT2D eigenvalue weighted by Crippen LogP contribution is 2.22. The molecule has 23 heavy (non-hydrogen) atoms. The summed E-state index contributed by atoms with van der Waals surface area (Å²) >= 11 is 1.93. The Kier molecular flexibility index (Phi) is 3.97. The van der Waals surface area contributed by atoms with E-state index in [0.717, 1.165) is 23.1 Å². The molecule has 1 aliphatic rings. The number of aromatic nitrogens is 2. The number of hydrogen-bond acceptors (Lipinski definition) is 3. The lowest BCUT2D eigenvalue weighted by molar-refractivity contribution is 0.492. The van der Waals surface area contributed by atoms with Gasteiger partial charge >= 0.3 is 5.69 Å². The fourth-order valence-electron chi connectivity index (χ4n) is 3.02. The van der Waals surface area contributed by atoms with Crippen LogP contribution in [0.5, 0.6) is 0 Å². The maximum Gasteiger partial charge on any atom is 0.326 e. The van der Waals surface area contributed by atoms with Gasteiger partial charge < -0.3 is 4.98 Å². The monoisotopic (exact) mass is 325 g/mol. The standard InChI is InChI=1S/C18H19N3OS/c22-18-19-16-4-1-2-5-17(16)21(18)13-15-8-6-14(7-9-15)12-20-10-3-11-23-20/h1-2,4-9H,3,10-13H2,(H,19,22). The minimum Gasteiger partial charge on any atom is -0.306 e. The first-order valence-corrected chi connectivity index (χ1v) is 8.87. The second-order valence-corrected chi connectivity index (χ2v) is 7.08. The molecular formula is C18H19N3OS. The average Bonchev–Trinajstić information content (AvgIpc) is 3.18. The predicted molar refractivity (Wildman–Crippen MR) is 95.6 cm³/mol. The number of H-pyrrole nitrogens is 1. The Balaban J connectivity index is 1.54. The van der Waals surface area contributed by atoms with Crippen molar-refractivity contribution >= 4 is 23.0 Å². The minimum atomic E-state index is -0.0521. The molecule has 0 radical (unpaired) electrons. The highest BCUT2D eigenvalue weighted by molar-refractivity contribution is 7.97. The Labute approximate surface area is 139 Å². The van der Waals surface area contributed by atoms with E-state index >= 15 is 0 Å². The Bertz CT molecular complexity index is 860. The van der Waals surface area contributed by atoms with E-state index in [9.17, 15) is 4.79 Å². The summed E-state index contributed by atoms with van der Waals surface area (Å²) < 4.78 is 4.21. The van der Waals surface area contributed by atoms with Crippen molar-refractivity contribution in [2.45, 2.75) is 19.5 Å². The van der Waals surface area contributed by atoms with Gasteiger partial charge in [0.2, 0.25) is 0 Å². The summed E-state index contributed by atoms with van der Waals surface area (Å²) in [6.45, 7) is 2.77. The predicted octanol–water partition coefficient (Wildman–Crippen LogP) is 3.23. The Morgan fingerprint density at radius 3 is 2.48 bits per heavy atom. The number of aromatic amines is 1. The molecular weight excluding hydrogens is 306 g/mol. The molecule has 1 fully saturated rings. The van der Waals surface area contributed by atoms with Crippen LogP contribution in [0.15, 0.2) is 53.3 Å². The molecule has 0 amide bonds. The van der Waals surface area contributed by atoms with Crippen LogP contribution in [0.25, 0.3) is 11.0 Å². The summed E-state index contributed by atoms with van der Waals surface area (Å²) in [6.07, 6.45) is 1.28. The summed E-state index contributed by atoms with van der Waals surface area (Å²) in [5, 5.41) is 0. The summed E-state index contributed by atoms with van der Waals surface area (Å²) in [4.78, 5) is 15.0. The van der Waals surface area contributed by atoms with Crippen molar-refractivity contribution in [2.24, 2.45) is 0 Å². The van der Waals surface area contributed by atoms with Gasteiger partial charge in [-0.15, -0.1) is 0 Å². The molecule has 0 atom stereocenters. The molecule has 2 heterocycles. The van der Waals surface area contributed by atoms with Gasteiger partial charge in [-0.3, -0.25) is 4.57 Å². The van der Waals surface area contributed by atoms with Gasteiger partial charge in [0, 0.05) is 18.8 Å². The van der Waals surface area contributed by atoms with Crippen molar-refractivity contribution in [3.05, 3.63) is 70.1 Å². The molecule has 4 rings (SSSR count). The average molecular weight is 325 g/mol. The SMILES string of the molecule is O=c1[nH]c2ccccc2n1Cc1ccc(CN2CCCS2)cc1. The summed E-state index contributed by atoms with van der Waals surface area (Å²) in [5.74, 6) is 1.24. The number of rotatable bonds is 4. The van der Waals surface area contributed by atoms with Crippen LogP contribution < -0.4 is 5.69 Å². The lowest BCUT2D eigenvalue weighted by atomic mass is 10.1. The largest absolute Gasteiger partial charge is 0.326 e. The van der Waals surface area contributed by atoms with Crippen LogP contribution >= 0.6 is 11.9 Å². The minimum absolute atomic E-state index is 0.0521. The second-order valence-electron chi connectivity index (χ2n) is 5.90. The lowest BCUT2D eigenvalue weighted by Gasteiger charge is -2.13. The summed E-state index contributed by atoms with van der Waals surface area (Å²) in [5.41, 5.74) is 4.27. The van der Waals surface area contributed by atoms with Crippen molar-refractivity contribution < 1.29 is 0 Å². The summed E-state index contributed by atoms with van der Waals surface area (Å²) in [7, 11) is 0. The first kappa shape index (κ1) is 14.6. The highest BCUT2D eigenvalue weighted by atomic mass is 32.2. The molecule has 2 aromatic carbocycles. The van der Waals surface area contributed by atoms with Gasteiger partial charge in [0.1, 0.15) is 0 Å². The van der Waals surface area contributed by atoms with Crippen LogP contribution in [0.4, 0.5) is 0 Å². The van der Waals surface area contributed by atoms with Crippen molar-refractivity contribution in [3.8, 4) is 0 Å². The highest BCUT2D eigenvalue weighted by Gasteiger charge is 2.12. The Morgan fingerprint density at radius 2 is 1.74 bits per heavy atom. The normalized spacial score (nSPS) is 15.5. The molecule has 0 unspecified atom stereocenters. The van der Waals surface area contributed by atoms with Crippen LogP contribution in [-0.2, 0) is 13.1 Å². The molecule has 1 aromatic heterocycles. The van der Waals surface area contributed by atoms with E-state index in [0.29, 0.717) is 6.54 Å². The molecule has 0 saturated carbocycles. The van der Waals surface area contributed by atoms with Crippen LogP contribution in [0, 0.1) is 0 Å². The fraction of sp³-hybridized carbons (Fsp3) is 0.278. The maximum atomic E-state index is 12.1. The number of hydrogen-bond donors (Lipinski definition) is 1. The number of nitrogens with one attached hydrogen (secondary N) is 1. The molecule has 4 nitrogen and oxygen atoms in total. The van der Waals surface area contributed by atoms with Crippen LogP contribution in [0.3, 0.4) is 0 Å². The molecule has 3 aromatic rings. The quantitative estimate of drug-likeness (QED) is 0.749. The van der Waals surface area contributed by atoms with Crippen molar-refractivity contribution in [1.82, 2.24) is 13.9 Å². The van der Waals surface area contributed by atoms with Gasteiger partial charge in [-0.25, -0.2) is 9.10 Å². The molecule has 118 valence electrons. The molecule has 0 spiro atoms. The van der Waals surface area contributed by atoms with E-state index in [1.54, 1.807) is 4.57 Å². The van der Waals surface area contributed by atoms with E-state index in [1.165, 1.54) is 24.3 Å². The number of para-hydroxylation sites is 2. The van der Waals surface area contributed by atoms with Crippen molar-refractivity contribution in [1.29, 1.82) is 0 Å². The molecule has 1 aliphatic heterocycles. The molecule has 0 bridgehead atoms. The zero-order valence-electron chi connectivity index (χ0n) is 12.9. The van der Waals surface area contributed by atoms with Crippen LogP contribution in [-0.4, -0.2) is 26.2 Å². The number of fused-ring (bicyclic) bond motifs is 1. The van der Waals surface area contributed by atoms with Crippen LogP contribution in [0.1, 0.15) is 17.5 Å². The first-order valence-electron chi connectivity index (χ1n) is 7.93. The van der Waals surface area contributed by atoms with Gasteiger partial charge in [0.05, 0.1) is 17.6 Å². The Hall–Kier alpha value is -1.98. The van der Waals surface area contributed by atoms with E-state index in [2.05, 4.69) is 33.6 Å². The van der Waals surface area contributed by atoms with Crippen LogP contribution in [0.2, 0.25) is 0 Å². The summed E-state index contributed by atoms with van der Waals surface area (Å²) in [6, 6.07) is 16.4. The van der Waals surface area contributed by atoms with Gasteiger partial charge in [0.15, 0.2) is 0 Å². The second kappa shape index (κ2) is 6.26. The number of benzene rings is 2. The van der Waals surface area contributed by atoms with E-state index in [1.807, 2.05) is 36.2 Å². The Morgan fingerprint density at radius 1 is 1.00 bits per heavy atom. The molecule has 0 aliphatic carbocycles. The van der Waals surface area contributed by atoms with E-state index in [-0.39, 0.29) is 5.69 Å². The zero-order valence-corrected chi connectivity index (χ0v) is 13.7. The topological polar surface area (TPSA) is 41.0 Å². The third-order valence-electron chi connectivity index (χ3n) is 4.23. The molecule has 1 saturated heterocycles. The molecule has 1 N–H and O–H groups in total. The van der Waals surface area contributed by atoms with Gasteiger partial charge in [0.25, 0.3) is 0 Å². The molecule has 5 heteroatoms. The maximum absolute atomic E-state index is 12.1. The lowest BCUT2D eigenvalue weighted by Crippen LogP contribution is -2.17. The smallest absolute Gasteiger partial charge is 0.306 e. The van der Waals surface area contributed by atoms with Gasteiger partial charge in [-0.1, -0.05) is 48.3 Å². The van der Waals surface area contributed by atoms with Crippen molar-refractivity contribution in [3.63, 3.8) is 0 Å². The van der Waals surface area contributed by atoms with E-state index < -0.39 is 0 Å². The van der Waals surface area contributed by atoms with Crippen molar-refractivity contribution in [2.75, 3.05) is 12.3 Å². The van der Waals surface area contributed by atoms with Gasteiger partial charge in [-0.05, 0) is 29.7 Å². The third-order valence-corrected chi connectivity index (χ3v) is 5.38. The number of imidazole rings is 1. The third kappa shape index (κ3) is 3.07.